The summed E-state index contributed by atoms with van der Waals surface area (Å²) in [7, 11) is 0. The first-order valence-corrected chi connectivity index (χ1v) is 11.4. The van der Waals surface area contributed by atoms with Crippen LogP contribution < -0.4 is 0 Å². The summed E-state index contributed by atoms with van der Waals surface area (Å²) in [5.74, 6) is 1.33. The van der Waals surface area contributed by atoms with Crippen LogP contribution >= 0.6 is 0 Å². The Kier molecular flexibility index (Phi) is 12.6. The predicted molar refractivity (Wildman–Crippen MR) is 146 cm³/mol. The standard InChI is InChI=1S/C32H34O3/c1-27(2)13-11-19-31(34-25-29-15-7-5-8-16-29)21-23-33-24-22-32(20-12-14-28(3)4)35-26-30-17-9-6-10-18-30/h5-24H,1,3,25-26H2,2,4H3/b13-11?,14-12?,23-21+,24-22+,31-19-,32-20+. The molecule has 0 fully saturated rings. The Morgan fingerprint density at radius 1 is 0.629 bits per heavy atom. The molecule has 0 saturated carbocycles. The highest BCUT2D eigenvalue weighted by molar-refractivity contribution is 5.25. The summed E-state index contributed by atoms with van der Waals surface area (Å²) in [6, 6.07) is 20.0. The number of hydrogen-bond donors (Lipinski definition) is 0. The summed E-state index contributed by atoms with van der Waals surface area (Å²) in [6.45, 7) is 12.6. The van der Waals surface area contributed by atoms with Gasteiger partial charge in [-0.3, -0.25) is 0 Å². The van der Waals surface area contributed by atoms with Crippen LogP contribution in [0.1, 0.15) is 25.0 Å². The summed E-state index contributed by atoms with van der Waals surface area (Å²) in [5, 5.41) is 0. The van der Waals surface area contributed by atoms with Gasteiger partial charge in [0.1, 0.15) is 24.7 Å². The molecular weight excluding hydrogens is 432 g/mol. The number of ether oxygens (including phenoxy) is 3. The molecule has 2 aromatic rings. The molecule has 0 heterocycles. The Morgan fingerprint density at radius 2 is 1.03 bits per heavy atom. The van der Waals surface area contributed by atoms with Gasteiger partial charge in [-0.25, -0.2) is 0 Å². The number of hydrogen-bond acceptors (Lipinski definition) is 3. The Morgan fingerprint density at radius 3 is 1.40 bits per heavy atom. The average Bonchev–Trinajstić information content (AvgIpc) is 2.85. The van der Waals surface area contributed by atoms with Crippen molar-refractivity contribution in [1.82, 2.24) is 0 Å². The highest BCUT2D eigenvalue weighted by Crippen LogP contribution is 2.10. The fourth-order valence-electron chi connectivity index (χ4n) is 2.66. The van der Waals surface area contributed by atoms with Crippen LogP contribution in [0.2, 0.25) is 0 Å². The fraction of sp³-hybridized carbons (Fsp3) is 0.125. The van der Waals surface area contributed by atoms with Crippen LogP contribution in [0.5, 0.6) is 0 Å². The summed E-state index contributed by atoms with van der Waals surface area (Å²) in [5.41, 5.74) is 4.10. The highest BCUT2D eigenvalue weighted by Gasteiger charge is 1.97. The summed E-state index contributed by atoms with van der Waals surface area (Å²) in [4.78, 5) is 0. The lowest BCUT2D eigenvalue weighted by molar-refractivity contribution is 0.208. The largest absolute Gasteiger partial charge is 0.489 e. The predicted octanol–water partition coefficient (Wildman–Crippen LogP) is 8.50. The molecule has 180 valence electrons. The Labute approximate surface area is 210 Å². The van der Waals surface area contributed by atoms with Crippen molar-refractivity contribution in [2.45, 2.75) is 27.1 Å². The maximum absolute atomic E-state index is 5.94. The lowest BCUT2D eigenvalue weighted by Gasteiger charge is -2.07. The maximum Gasteiger partial charge on any atom is 0.122 e. The minimum absolute atomic E-state index is 0.461. The molecule has 0 radical (unpaired) electrons. The minimum atomic E-state index is 0.461. The van der Waals surface area contributed by atoms with Crippen molar-refractivity contribution in [1.29, 1.82) is 0 Å². The Hall–Kier alpha value is -4.24. The smallest absolute Gasteiger partial charge is 0.122 e. The molecule has 0 N–H and O–H groups in total. The molecule has 0 spiro atoms. The number of benzene rings is 2. The highest BCUT2D eigenvalue weighted by atomic mass is 16.5. The van der Waals surface area contributed by atoms with E-state index in [4.69, 9.17) is 14.2 Å². The second-order valence-electron chi connectivity index (χ2n) is 7.84. The van der Waals surface area contributed by atoms with Crippen molar-refractivity contribution in [3.05, 3.63) is 169 Å². The molecule has 3 heteroatoms. The van der Waals surface area contributed by atoms with E-state index in [2.05, 4.69) is 13.2 Å². The molecule has 0 unspecified atom stereocenters. The van der Waals surface area contributed by atoms with Crippen molar-refractivity contribution in [2.75, 3.05) is 0 Å². The third-order valence-corrected chi connectivity index (χ3v) is 4.40. The molecule has 0 saturated heterocycles. The van der Waals surface area contributed by atoms with Crippen LogP contribution in [0.4, 0.5) is 0 Å². The second kappa shape index (κ2) is 16.4. The van der Waals surface area contributed by atoms with Gasteiger partial charge in [0.2, 0.25) is 0 Å². The molecule has 0 aliphatic carbocycles. The zero-order valence-electron chi connectivity index (χ0n) is 20.6. The summed E-state index contributed by atoms with van der Waals surface area (Å²) < 4.78 is 17.4. The molecule has 2 rings (SSSR count). The van der Waals surface area contributed by atoms with Gasteiger partial charge in [0.25, 0.3) is 0 Å². The molecule has 0 atom stereocenters. The van der Waals surface area contributed by atoms with Crippen molar-refractivity contribution in [3.8, 4) is 0 Å². The van der Waals surface area contributed by atoms with E-state index in [9.17, 15) is 0 Å². The second-order valence-corrected chi connectivity index (χ2v) is 7.84. The van der Waals surface area contributed by atoms with E-state index in [0.29, 0.717) is 24.7 Å². The van der Waals surface area contributed by atoms with Gasteiger partial charge in [0, 0.05) is 12.2 Å². The third-order valence-electron chi connectivity index (χ3n) is 4.40. The maximum atomic E-state index is 5.94. The SMILES string of the molecule is C=C(C)C=C/C=C(/C=C/O/C=C/C(=C\C=CC(=C)C)OCc1ccccc1)OCc1ccccc1. The van der Waals surface area contributed by atoms with Gasteiger partial charge in [-0.1, -0.05) is 109 Å². The van der Waals surface area contributed by atoms with Crippen LogP contribution in [0.3, 0.4) is 0 Å². The van der Waals surface area contributed by atoms with E-state index in [1.807, 2.05) is 111 Å². The van der Waals surface area contributed by atoms with Gasteiger partial charge in [0.05, 0.1) is 12.5 Å². The van der Waals surface area contributed by atoms with Crippen LogP contribution in [0.25, 0.3) is 0 Å². The molecule has 0 bridgehead atoms. The molecule has 3 nitrogen and oxygen atoms in total. The van der Waals surface area contributed by atoms with E-state index < -0.39 is 0 Å². The lowest BCUT2D eigenvalue weighted by Crippen LogP contribution is -1.92. The van der Waals surface area contributed by atoms with E-state index in [-0.39, 0.29) is 0 Å². The molecule has 0 aliphatic heterocycles. The molecule has 35 heavy (non-hydrogen) atoms. The molecular formula is C32H34O3. The topological polar surface area (TPSA) is 27.7 Å². The van der Waals surface area contributed by atoms with E-state index >= 15 is 0 Å². The van der Waals surface area contributed by atoms with Crippen LogP contribution in [0, 0.1) is 0 Å². The van der Waals surface area contributed by atoms with Crippen LogP contribution in [-0.2, 0) is 27.4 Å². The summed E-state index contributed by atoms with van der Waals surface area (Å²) in [6.07, 6.45) is 18.1. The summed E-state index contributed by atoms with van der Waals surface area (Å²) >= 11 is 0. The molecule has 2 aromatic carbocycles. The van der Waals surface area contributed by atoms with Gasteiger partial charge in [-0.05, 0) is 37.1 Å². The lowest BCUT2D eigenvalue weighted by atomic mass is 10.2. The first-order valence-electron chi connectivity index (χ1n) is 11.4. The zero-order valence-corrected chi connectivity index (χ0v) is 20.6. The van der Waals surface area contributed by atoms with E-state index in [0.717, 1.165) is 22.3 Å². The number of allylic oxidation sites excluding steroid dienone is 10. The van der Waals surface area contributed by atoms with Gasteiger partial charge in [-0.2, -0.15) is 0 Å². The number of rotatable bonds is 14. The Balaban J connectivity index is 2.01. The van der Waals surface area contributed by atoms with Crippen LogP contribution in [0.15, 0.2) is 158 Å². The van der Waals surface area contributed by atoms with E-state index in [1.165, 1.54) is 0 Å². The average molecular weight is 467 g/mol. The van der Waals surface area contributed by atoms with Crippen molar-refractivity contribution < 1.29 is 14.2 Å². The zero-order chi connectivity index (χ0) is 25.1. The normalized spacial score (nSPS) is 12.6. The quantitative estimate of drug-likeness (QED) is 0.206. The van der Waals surface area contributed by atoms with Gasteiger partial charge in [0.15, 0.2) is 0 Å². The van der Waals surface area contributed by atoms with Crippen molar-refractivity contribution in [2.24, 2.45) is 0 Å². The molecule has 0 aliphatic rings. The van der Waals surface area contributed by atoms with Gasteiger partial charge in [-0.15, -0.1) is 0 Å². The molecule has 0 aromatic heterocycles. The van der Waals surface area contributed by atoms with Crippen molar-refractivity contribution >= 4 is 0 Å². The Bertz CT molecular complexity index is 1010. The third kappa shape index (κ3) is 13.2. The van der Waals surface area contributed by atoms with Gasteiger partial charge < -0.3 is 14.2 Å². The van der Waals surface area contributed by atoms with Crippen molar-refractivity contribution in [3.63, 3.8) is 0 Å². The van der Waals surface area contributed by atoms with E-state index in [1.54, 1.807) is 24.7 Å². The first kappa shape index (κ1) is 27.0. The first-order chi connectivity index (χ1) is 17.0. The van der Waals surface area contributed by atoms with Crippen LogP contribution in [-0.4, -0.2) is 0 Å². The molecule has 0 amide bonds. The van der Waals surface area contributed by atoms with Gasteiger partial charge >= 0.3 is 0 Å². The monoisotopic (exact) mass is 466 g/mol. The minimum Gasteiger partial charge on any atom is -0.489 e. The fourth-order valence-corrected chi connectivity index (χ4v) is 2.66.